The molecule has 1 atom stereocenters. The number of hydrogen-bond donors (Lipinski definition) is 0. The number of amides is 1. The van der Waals surface area contributed by atoms with Gasteiger partial charge >= 0.3 is 0 Å². The fourth-order valence-electron chi connectivity index (χ4n) is 4.82. The summed E-state index contributed by atoms with van der Waals surface area (Å²) in [6.07, 6.45) is 5.39. The van der Waals surface area contributed by atoms with Gasteiger partial charge in [0.05, 0.1) is 22.9 Å². The lowest BCUT2D eigenvalue weighted by molar-refractivity contribution is -0.128. The quantitative estimate of drug-likeness (QED) is 0.286. The largest absolute Gasteiger partial charge is 0.378 e. The van der Waals surface area contributed by atoms with E-state index in [1.165, 1.54) is 18.2 Å². The van der Waals surface area contributed by atoms with Gasteiger partial charge in [0, 0.05) is 55.8 Å². The first-order chi connectivity index (χ1) is 19.2. The number of rotatable bonds is 8. The number of sulfone groups is 1. The van der Waals surface area contributed by atoms with Crippen molar-refractivity contribution in [2.24, 2.45) is 0 Å². The Morgan fingerprint density at radius 3 is 2.35 bits per heavy atom. The maximum Gasteiger partial charge on any atom is 0.247 e. The summed E-state index contributed by atoms with van der Waals surface area (Å²) in [5.74, 6) is -0.603. The van der Waals surface area contributed by atoms with E-state index in [-0.39, 0.29) is 23.2 Å². The summed E-state index contributed by atoms with van der Waals surface area (Å²) in [5, 5.41) is 4.72. The lowest BCUT2D eigenvalue weighted by Gasteiger charge is -2.27. The Kier molecular flexibility index (Phi) is 7.84. The second-order valence-corrected chi connectivity index (χ2v) is 12.4. The Hall–Kier alpha value is -4.24. The Morgan fingerprint density at radius 1 is 1.02 bits per heavy atom. The van der Waals surface area contributed by atoms with Crippen molar-refractivity contribution in [2.75, 3.05) is 30.5 Å². The lowest BCUT2D eigenvalue weighted by atomic mass is 10.1. The highest BCUT2D eigenvalue weighted by molar-refractivity contribution is 7.91. The molecule has 7 nitrogen and oxygen atoms in total. The molecule has 1 fully saturated rings. The average molecular weight is 559 g/mol. The highest BCUT2D eigenvalue weighted by Gasteiger charge is 2.34. The van der Waals surface area contributed by atoms with E-state index < -0.39 is 15.9 Å². The molecule has 1 saturated heterocycles. The van der Waals surface area contributed by atoms with Crippen molar-refractivity contribution in [1.29, 1.82) is 0 Å². The minimum atomic E-state index is -3.19. The van der Waals surface area contributed by atoms with Crippen molar-refractivity contribution in [3.05, 3.63) is 108 Å². The summed E-state index contributed by atoms with van der Waals surface area (Å²) < 4.78 is 39.9. The monoisotopic (exact) mass is 558 g/mol. The molecule has 206 valence electrons. The van der Waals surface area contributed by atoms with Gasteiger partial charge in [0.25, 0.3) is 0 Å². The molecule has 1 amide bonds. The van der Waals surface area contributed by atoms with Crippen molar-refractivity contribution in [2.45, 2.75) is 19.0 Å². The second kappa shape index (κ2) is 11.5. The summed E-state index contributed by atoms with van der Waals surface area (Å²) in [7, 11) is 0.721. The van der Waals surface area contributed by atoms with Gasteiger partial charge in [-0.15, -0.1) is 0 Å². The maximum atomic E-state index is 13.6. The topological polar surface area (TPSA) is 75.5 Å². The average Bonchev–Trinajstić information content (AvgIpc) is 3.54. The van der Waals surface area contributed by atoms with Crippen LogP contribution in [0, 0.1) is 5.82 Å². The highest BCUT2D eigenvalue weighted by Crippen LogP contribution is 2.26. The van der Waals surface area contributed by atoms with Crippen LogP contribution in [0.15, 0.2) is 91.1 Å². The minimum Gasteiger partial charge on any atom is -0.378 e. The third-order valence-electron chi connectivity index (χ3n) is 7.02. The molecule has 0 saturated carbocycles. The SMILES string of the molecule is CN(C)c1ccc(CN(C(=O)C=Cc2cn(-c3ccccc3)nc2-c2ccc(F)cc2)C2CCS(=O)(=O)C2)cc1. The van der Waals surface area contributed by atoms with Gasteiger partial charge in [-0.2, -0.15) is 5.10 Å². The van der Waals surface area contributed by atoms with E-state index in [1.807, 2.05) is 79.8 Å². The zero-order valence-electron chi connectivity index (χ0n) is 22.4. The molecule has 40 heavy (non-hydrogen) atoms. The first kappa shape index (κ1) is 27.3. The molecule has 0 radical (unpaired) electrons. The van der Waals surface area contributed by atoms with Crippen LogP contribution in [0.3, 0.4) is 0 Å². The minimum absolute atomic E-state index is 0.0465. The van der Waals surface area contributed by atoms with Gasteiger partial charge < -0.3 is 9.80 Å². The Morgan fingerprint density at radius 2 is 1.73 bits per heavy atom. The summed E-state index contributed by atoms with van der Waals surface area (Å²) in [6, 6.07) is 23.1. The zero-order chi connectivity index (χ0) is 28.3. The van der Waals surface area contributed by atoms with Gasteiger partial charge in [0.2, 0.25) is 5.91 Å². The molecular formula is C31H31FN4O3S. The van der Waals surface area contributed by atoms with E-state index in [1.54, 1.807) is 27.8 Å². The lowest BCUT2D eigenvalue weighted by Crippen LogP contribution is -2.39. The Labute approximate surface area is 234 Å². The van der Waals surface area contributed by atoms with Crippen LogP contribution in [0.25, 0.3) is 23.0 Å². The molecule has 0 spiro atoms. The molecule has 1 aliphatic heterocycles. The third-order valence-corrected chi connectivity index (χ3v) is 8.77. The number of benzene rings is 3. The summed E-state index contributed by atoms with van der Waals surface area (Å²) in [4.78, 5) is 17.3. The first-order valence-electron chi connectivity index (χ1n) is 13.0. The van der Waals surface area contributed by atoms with Gasteiger partial charge in [-0.25, -0.2) is 17.5 Å². The molecule has 5 rings (SSSR count). The van der Waals surface area contributed by atoms with Crippen LogP contribution < -0.4 is 4.90 Å². The summed E-state index contributed by atoms with van der Waals surface area (Å²) >= 11 is 0. The van der Waals surface area contributed by atoms with E-state index in [9.17, 15) is 17.6 Å². The van der Waals surface area contributed by atoms with Crippen LogP contribution in [0.2, 0.25) is 0 Å². The molecule has 0 aliphatic carbocycles. The molecule has 0 bridgehead atoms. The number of anilines is 1. The third kappa shape index (κ3) is 6.31. The van der Waals surface area contributed by atoms with E-state index >= 15 is 0 Å². The molecule has 1 aromatic heterocycles. The van der Waals surface area contributed by atoms with Gasteiger partial charge in [-0.3, -0.25) is 4.79 Å². The number of hydrogen-bond acceptors (Lipinski definition) is 5. The van der Waals surface area contributed by atoms with Crippen molar-refractivity contribution >= 4 is 27.5 Å². The number of nitrogens with zero attached hydrogens (tertiary/aromatic N) is 4. The number of para-hydroxylation sites is 1. The van der Waals surface area contributed by atoms with Gasteiger partial charge in [-0.05, 0) is 66.6 Å². The number of aromatic nitrogens is 2. The van der Waals surface area contributed by atoms with Crippen molar-refractivity contribution in [1.82, 2.24) is 14.7 Å². The first-order valence-corrected chi connectivity index (χ1v) is 14.9. The highest BCUT2D eigenvalue weighted by atomic mass is 32.2. The standard InChI is InChI=1S/C31H31FN4O3S/c1-34(2)27-15-8-23(9-16-27)20-35(29-18-19-40(38,39)22-29)30(37)17-12-25-21-36(28-6-4-3-5-7-28)33-31(25)24-10-13-26(32)14-11-24/h3-17,21,29H,18-20,22H2,1-2H3. The normalized spacial score (nSPS) is 16.3. The van der Waals surface area contributed by atoms with Gasteiger partial charge in [0.1, 0.15) is 5.82 Å². The van der Waals surface area contributed by atoms with E-state index in [2.05, 4.69) is 0 Å². The molecule has 1 aliphatic rings. The van der Waals surface area contributed by atoms with Crippen LogP contribution in [0.4, 0.5) is 10.1 Å². The van der Waals surface area contributed by atoms with Crippen molar-refractivity contribution in [3.8, 4) is 16.9 Å². The molecule has 1 unspecified atom stereocenters. The van der Waals surface area contributed by atoms with Crippen LogP contribution in [-0.4, -0.2) is 60.6 Å². The van der Waals surface area contributed by atoms with Crippen molar-refractivity contribution < 1.29 is 17.6 Å². The zero-order valence-corrected chi connectivity index (χ0v) is 23.3. The van der Waals surface area contributed by atoms with Crippen LogP contribution in [-0.2, 0) is 21.2 Å². The van der Waals surface area contributed by atoms with Crippen LogP contribution in [0.1, 0.15) is 17.5 Å². The molecule has 3 aromatic carbocycles. The molecule has 9 heteroatoms. The molecular weight excluding hydrogens is 527 g/mol. The second-order valence-electron chi connectivity index (χ2n) is 10.1. The number of carbonyl (C=O) groups excluding carboxylic acids is 1. The summed E-state index contributed by atoms with van der Waals surface area (Å²) in [6.45, 7) is 0.297. The number of carbonyl (C=O) groups is 1. The Balaban J connectivity index is 1.46. The maximum absolute atomic E-state index is 13.6. The predicted octanol–water partition coefficient (Wildman–Crippen LogP) is 4.97. The number of halogens is 1. The van der Waals surface area contributed by atoms with E-state index in [0.717, 1.165) is 16.9 Å². The molecule has 2 heterocycles. The van der Waals surface area contributed by atoms with Gasteiger partial charge in [0.15, 0.2) is 9.84 Å². The van der Waals surface area contributed by atoms with Crippen molar-refractivity contribution in [3.63, 3.8) is 0 Å². The fourth-order valence-corrected chi connectivity index (χ4v) is 6.55. The molecule has 4 aromatic rings. The van der Waals surface area contributed by atoms with Gasteiger partial charge in [-0.1, -0.05) is 30.3 Å². The Bertz CT molecular complexity index is 1610. The van der Waals surface area contributed by atoms with Crippen LogP contribution in [0.5, 0.6) is 0 Å². The molecule has 0 N–H and O–H groups in total. The fraction of sp³-hybridized carbons (Fsp3) is 0.226. The van der Waals surface area contributed by atoms with E-state index in [0.29, 0.717) is 29.8 Å². The van der Waals surface area contributed by atoms with Crippen LogP contribution >= 0.6 is 0 Å². The predicted molar refractivity (Wildman–Crippen MR) is 156 cm³/mol. The smallest absolute Gasteiger partial charge is 0.247 e. The van der Waals surface area contributed by atoms with E-state index in [4.69, 9.17) is 5.10 Å². The summed E-state index contributed by atoms with van der Waals surface area (Å²) in [5.41, 5.74) is 4.79.